The number of hydrogen-bond donors (Lipinski definition) is 1. The molecule has 1 fully saturated rings. The molecule has 82 valence electrons. The molecule has 1 unspecified atom stereocenters. The molecule has 2 heterocycles. The van der Waals surface area contributed by atoms with Crippen molar-refractivity contribution in [3.05, 3.63) is 17.3 Å². The minimum Gasteiger partial charge on any atom is -0.396 e. The van der Waals surface area contributed by atoms with Crippen LogP contribution in [0.5, 0.6) is 0 Å². The van der Waals surface area contributed by atoms with E-state index in [4.69, 9.17) is 22.1 Å². The Balaban J connectivity index is 2.27. The molecule has 2 rings (SSSR count). The second-order valence-electron chi connectivity index (χ2n) is 3.68. The molecule has 0 spiro atoms. The van der Waals surface area contributed by atoms with Gasteiger partial charge in [0.1, 0.15) is 0 Å². The summed E-state index contributed by atoms with van der Waals surface area (Å²) < 4.78 is 5.36. The van der Waals surface area contributed by atoms with E-state index in [9.17, 15) is 0 Å². The maximum atomic E-state index is 5.89. The molecular weight excluding hydrogens is 214 g/mol. The van der Waals surface area contributed by atoms with Gasteiger partial charge in [-0.3, -0.25) is 0 Å². The Bertz CT molecular complexity index is 359. The topological polar surface area (TPSA) is 51.4 Å². The molecule has 1 aliphatic rings. The van der Waals surface area contributed by atoms with Gasteiger partial charge in [-0.2, -0.15) is 0 Å². The standard InChI is InChI=1S/C10H14ClN3O/c1-7-6-15-3-2-14(7)10-9(12)4-8(11)5-13-10/h4-5,7H,2-3,6,12H2,1H3. The fourth-order valence-corrected chi connectivity index (χ4v) is 1.90. The van der Waals surface area contributed by atoms with Crippen molar-refractivity contribution >= 4 is 23.1 Å². The molecule has 0 bridgehead atoms. The van der Waals surface area contributed by atoms with Crippen molar-refractivity contribution in [3.8, 4) is 0 Å². The molecule has 1 atom stereocenters. The molecule has 0 aromatic carbocycles. The highest BCUT2D eigenvalue weighted by Gasteiger charge is 2.21. The van der Waals surface area contributed by atoms with E-state index in [-0.39, 0.29) is 0 Å². The molecule has 5 heteroatoms. The zero-order chi connectivity index (χ0) is 10.8. The summed E-state index contributed by atoms with van der Waals surface area (Å²) >= 11 is 5.81. The molecule has 2 N–H and O–H groups in total. The van der Waals surface area contributed by atoms with Gasteiger partial charge in [-0.05, 0) is 13.0 Å². The Morgan fingerprint density at radius 3 is 3.13 bits per heavy atom. The first-order chi connectivity index (χ1) is 7.18. The lowest BCUT2D eigenvalue weighted by atomic mass is 10.2. The molecule has 4 nitrogen and oxygen atoms in total. The van der Waals surface area contributed by atoms with Crippen molar-refractivity contribution in [2.45, 2.75) is 13.0 Å². The van der Waals surface area contributed by atoms with Crippen LogP contribution >= 0.6 is 11.6 Å². The smallest absolute Gasteiger partial charge is 0.152 e. The lowest BCUT2D eigenvalue weighted by Gasteiger charge is -2.34. The number of anilines is 2. The predicted molar refractivity (Wildman–Crippen MR) is 61.3 cm³/mol. The van der Waals surface area contributed by atoms with Crippen molar-refractivity contribution in [2.24, 2.45) is 0 Å². The summed E-state index contributed by atoms with van der Waals surface area (Å²) in [7, 11) is 0. The average Bonchev–Trinajstić information content (AvgIpc) is 2.20. The van der Waals surface area contributed by atoms with Gasteiger partial charge in [-0.1, -0.05) is 11.6 Å². The highest BCUT2D eigenvalue weighted by Crippen LogP contribution is 2.25. The van der Waals surface area contributed by atoms with E-state index in [1.807, 2.05) is 0 Å². The molecular formula is C10H14ClN3O. The van der Waals surface area contributed by atoms with Gasteiger partial charge in [0.2, 0.25) is 0 Å². The average molecular weight is 228 g/mol. The summed E-state index contributed by atoms with van der Waals surface area (Å²) in [6.07, 6.45) is 1.62. The SMILES string of the molecule is CC1COCCN1c1ncc(Cl)cc1N. The third-order valence-corrected chi connectivity index (χ3v) is 2.71. The Kier molecular flexibility index (Phi) is 2.98. The summed E-state index contributed by atoms with van der Waals surface area (Å²) in [4.78, 5) is 6.41. The molecule has 1 aliphatic heterocycles. The van der Waals surface area contributed by atoms with Crippen molar-refractivity contribution in [1.82, 2.24) is 4.98 Å². The van der Waals surface area contributed by atoms with Crippen LogP contribution < -0.4 is 10.6 Å². The quantitative estimate of drug-likeness (QED) is 0.791. The van der Waals surface area contributed by atoms with Crippen LogP contribution in [0.3, 0.4) is 0 Å². The second kappa shape index (κ2) is 4.24. The first-order valence-electron chi connectivity index (χ1n) is 4.94. The monoisotopic (exact) mass is 227 g/mol. The van der Waals surface area contributed by atoms with Crippen molar-refractivity contribution in [1.29, 1.82) is 0 Å². The number of nitrogens with two attached hydrogens (primary N) is 1. The van der Waals surface area contributed by atoms with Crippen LogP contribution in [0.25, 0.3) is 0 Å². The van der Waals surface area contributed by atoms with E-state index in [2.05, 4.69) is 16.8 Å². The second-order valence-corrected chi connectivity index (χ2v) is 4.12. The van der Waals surface area contributed by atoms with Gasteiger partial charge >= 0.3 is 0 Å². The molecule has 15 heavy (non-hydrogen) atoms. The van der Waals surface area contributed by atoms with Crippen molar-refractivity contribution in [2.75, 3.05) is 30.4 Å². The van der Waals surface area contributed by atoms with Gasteiger partial charge in [0.15, 0.2) is 5.82 Å². The molecule has 0 amide bonds. The fourth-order valence-electron chi connectivity index (χ4n) is 1.73. The predicted octanol–water partition coefficient (Wildman–Crippen LogP) is 1.54. The van der Waals surface area contributed by atoms with Gasteiger partial charge in [0.05, 0.1) is 30.0 Å². The summed E-state index contributed by atoms with van der Waals surface area (Å²) in [6.45, 7) is 4.34. The summed E-state index contributed by atoms with van der Waals surface area (Å²) in [6, 6.07) is 2.03. The van der Waals surface area contributed by atoms with Crippen molar-refractivity contribution in [3.63, 3.8) is 0 Å². The molecule has 1 saturated heterocycles. The van der Waals surface area contributed by atoms with Crippen LogP contribution in [-0.2, 0) is 4.74 Å². The number of hydrogen-bond acceptors (Lipinski definition) is 4. The minimum atomic E-state index is 0.301. The van der Waals surface area contributed by atoms with E-state index in [0.717, 1.165) is 12.4 Å². The van der Waals surface area contributed by atoms with Gasteiger partial charge in [-0.25, -0.2) is 4.98 Å². The van der Waals surface area contributed by atoms with Gasteiger partial charge in [-0.15, -0.1) is 0 Å². The lowest BCUT2D eigenvalue weighted by molar-refractivity contribution is 0.0986. The van der Waals surface area contributed by atoms with E-state index >= 15 is 0 Å². The Morgan fingerprint density at radius 2 is 2.47 bits per heavy atom. The third-order valence-electron chi connectivity index (χ3n) is 2.50. The maximum absolute atomic E-state index is 5.89. The van der Waals surface area contributed by atoms with Crippen LogP contribution in [0.2, 0.25) is 5.02 Å². The number of nitrogens with zero attached hydrogens (tertiary/aromatic N) is 2. The lowest BCUT2D eigenvalue weighted by Crippen LogP contribution is -2.44. The van der Waals surface area contributed by atoms with Crippen LogP contribution in [-0.4, -0.2) is 30.8 Å². The first-order valence-corrected chi connectivity index (χ1v) is 5.31. The minimum absolute atomic E-state index is 0.301. The Morgan fingerprint density at radius 1 is 1.67 bits per heavy atom. The van der Waals surface area contributed by atoms with Crippen molar-refractivity contribution < 1.29 is 4.74 Å². The number of pyridine rings is 1. The van der Waals surface area contributed by atoms with Crippen LogP contribution in [0.4, 0.5) is 11.5 Å². The number of ether oxygens (including phenoxy) is 1. The van der Waals surface area contributed by atoms with Gasteiger partial charge in [0.25, 0.3) is 0 Å². The van der Waals surface area contributed by atoms with Crippen LogP contribution in [0, 0.1) is 0 Å². The molecule has 0 saturated carbocycles. The van der Waals surface area contributed by atoms with E-state index in [0.29, 0.717) is 30.0 Å². The number of morpholine rings is 1. The number of rotatable bonds is 1. The van der Waals surface area contributed by atoms with E-state index in [1.54, 1.807) is 12.3 Å². The maximum Gasteiger partial charge on any atom is 0.152 e. The van der Waals surface area contributed by atoms with Gasteiger partial charge < -0.3 is 15.4 Å². The summed E-state index contributed by atoms with van der Waals surface area (Å²) in [5.41, 5.74) is 6.51. The molecule has 1 aromatic rings. The normalized spacial score (nSPS) is 21.7. The third kappa shape index (κ3) is 2.16. The van der Waals surface area contributed by atoms with Gasteiger partial charge in [0, 0.05) is 12.7 Å². The zero-order valence-corrected chi connectivity index (χ0v) is 9.37. The number of aromatic nitrogens is 1. The van der Waals surface area contributed by atoms with E-state index < -0.39 is 0 Å². The summed E-state index contributed by atoms with van der Waals surface area (Å²) in [5, 5.41) is 0.567. The fraction of sp³-hybridized carbons (Fsp3) is 0.500. The van der Waals surface area contributed by atoms with Crippen LogP contribution in [0.1, 0.15) is 6.92 Å². The largest absolute Gasteiger partial charge is 0.396 e. The van der Waals surface area contributed by atoms with E-state index in [1.165, 1.54) is 0 Å². The molecule has 0 radical (unpaired) electrons. The first kappa shape index (κ1) is 10.5. The van der Waals surface area contributed by atoms with Crippen LogP contribution in [0.15, 0.2) is 12.3 Å². The number of halogens is 1. The highest BCUT2D eigenvalue weighted by atomic mass is 35.5. The zero-order valence-electron chi connectivity index (χ0n) is 8.61. The molecule has 0 aliphatic carbocycles. The highest BCUT2D eigenvalue weighted by molar-refractivity contribution is 6.30. The summed E-state index contributed by atoms with van der Waals surface area (Å²) in [5.74, 6) is 0.801. The molecule has 1 aromatic heterocycles. The Hall–Kier alpha value is -1.00. The Labute approximate surface area is 94.0 Å². The number of nitrogen functional groups attached to an aromatic ring is 1.